The van der Waals surface area contributed by atoms with Crippen molar-refractivity contribution < 1.29 is 58.2 Å². The van der Waals surface area contributed by atoms with E-state index in [-0.39, 0.29) is 28.8 Å². The Balaban J connectivity index is 0.000000264. The maximum Gasteiger partial charge on any atom is 0.262 e. The molecule has 0 bridgehead atoms. The number of nitrogens with two attached hydrogens (primary N) is 1. The second kappa shape index (κ2) is 26.3. The summed E-state index contributed by atoms with van der Waals surface area (Å²) in [7, 11) is -13.2. The summed E-state index contributed by atoms with van der Waals surface area (Å²) in [4.78, 5) is 10.1. The normalized spacial score (nSPS) is 15.2. The summed E-state index contributed by atoms with van der Waals surface area (Å²) in [5, 5.41) is 25.4. The third kappa shape index (κ3) is 21.8. The third-order valence-electron chi connectivity index (χ3n) is 12.2. The second-order valence-electron chi connectivity index (χ2n) is 19.9. The van der Waals surface area contributed by atoms with Crippen molar-refractivity contribution in [1.82, 2.24) is 0 Å². The molecule has 0 radical (unpaired) electrons. The number of hydrogen-bond donors (Lipinski definition) is 5. The van der Waals surface area contributed by atoms with E-state index in [1.807, 2.05) is 42.5 Å². The Labute approximate surface area is 423 Å². The molecule has 1 fully saturated rings. The quantitative estimate of drug-likeness (QED) is 0.0283. The van der Waals surface area contributed by atoms with Gasteiger partial charge in [0.1, 0.15) is 28.7 Å². The smallest absolute Gasteiger partial charge is 0.262 e. The first-order valence-corrected chi connectivity index (χ1v) is 31.5. The maximum atomic E-state index is 10.7. The topological polar surface area (TPSA) is 259 Å². The number of anilines is 2. The number of carbonyl (C=O) groups excluding carboxylic acids is 1. The van der Waals surface area contributed by atoms with Crippen molar-refractivity contribution in [2.24, 2.45) is 5.73 Å². The highest BCUT2D eigenvalue weighted by Gasteiger charge is 2.40. The Morgan fingerprint density at radius 2 is 1.14 bits per heavy atom. The van der Waals surface area contributed by atoms with Crippen molar-refractivity contribution >= 4 is 55.1 Å². The summed E-state index contributed by atoms with van der Waals surface area (Å²) in [5.41, 5.74) is 8.96. The van der Waals surface area contributed by atoms with Gasteiger partial charge in [-0.05, 0) is 110 Å². The van der Waals surface area contributed by atoms with Crippen LogP contribution in [0.3, 0.4) is 0 Å². The Morgan fingerprint density at radius 1 is 0.648 bits per heavy atom. The monoisotopic (exact) mass is 1050 g/mol. The lowest BCUT2D eigenvalue weighted by Gasteiger charge is -2.41. The van der Waals surface area contributed by atoms with Gasteiger partial charge in [-0.1, -0.05) is 102 Å². The fraction of sp³-hybridized carbons (Fsp3) is 0.392. The number of rotatable bonds is 15. The summed E-state index contributed by atoms with van der Waals surface area (Å²) in [5.74, 6) is 0.941. The molecule has 1 saturated carbocycles. The number of aromatic hydroxyl groups is 2. The van der Waals surface area contributed by atoms with Crippen LogP contribution in [0.5, 0.6) is 28.7 Å². The van der Waals surface area contributed by atoms with Gasteiger partial charge in [0.05, 0.1) is 5.56 Å². The van der Waals surface area contributed by atoms with Gasteiger partial charge in [-0.15, -0.1) is 0 Å². The van der Waals surface area contributed by atoms with Gasteiger partial charge in [-0.2, -0.15) is 0 Å². The van der Waals surface area contributed by atoms with Gasteiger partial charge >= 0.3 is 0 Å². The van der Waals surface area contributed by atoms with E-state index in [0.29, 0.717) is 52.6 Å². The molecule has 0 heterocycles. The first kappa shape index (κ1) is 59.9. The van der Waals surface area contributed by atoms with Crippen LogP contribution in [0.25, 0.3) is 0 Å². The van der Waals surface area contributed by atoms with Gasteiger partial charge < -0.3 is 52.9 Å². The van der Waals surface area contributed by atoms with Gasteiger partial charge in [0.2, 0.25) is 8.32 Å². The van der Waals surface area contributed by atoms with Crippen molar-refractivity contribution in [2.75, 3.05) is 10.6 Å². The van der Waals surface area contributed by atoms with E-state index in [4.69, 9.17) is 19.7 Å². The minimum atomic E-state index is -4.91. The van der Waals surface area contributed by atoms with Crippen LogP contribution in [-0.2, 0) is 38.3 Å². The summed E-state index contributed by atoms with van der Waals surface area (Å²) in [6.07, 6.45) is 5.73. The van der Waals surface area contributed by atoms with Gasteiger partial charge in [0.15, 0.2) is 14.6 Å². The second-order valence-corrected chi connectivity index (χ2v) is 31.4. The lowest BCUT2D eigenvalue weighted by molar-refractivity contribution is 0.112. The Hall–Kier alpha value is -5.46. The van der Waals surface area contributed by atoms with E-state index < -0.39 is 37.4 Å². The van der Waals surface area contributed by atoms with E-state index in [0.717, 1.165) is 23.4 Å². The van der Waals surface area contributed by atoms with Crippen LogP contribution in [-0.4, -0.2) is 71.2 Å². The molecule has 6 rings (SSSR count). The number of para-hydroxylation sites is 3. The molecule has 5 aromatic carbocycles. The van der Waals surface area contributed by atoms with Crippen molar-refractivity contribution in [3.63, 3.8) is 0 Å². The lowest BCUT2D eigenvalue weighted by atomic mass is 9.94. The highest BCUT2D eigenvalue weighted by molar-refractivity contribution is 7.81. The summed E-state index contributed by atoms with van der Waals surface area (Å²) in [6, 6.07) is 33.7. The van der Waals surface area contributed by atoms with Crippen molar-refractivity contribution in [1.29, 1.82) is 0 Å². The molecule has 0 aromatic heterocycles. The Bertz CT molecular complexity index is 2690. The van der Waals surface area contributed by atoms with Gasteiger partial charge in [0, 0.05) is 59.9 Å². The standard InChI is InChI=1S/C19H27NO2Si.C13H13NO8S2.C12H27NOSi.C7H6O2/c1-19(2,3)23(4,5)22-17-11-8-10-16(13-17)20-14-15-9-6-7-12-18(15)21;15-23(16,17)21-12-6-3-5-11(8-12)14-9-10-4-1-2-7-13(10)22-24(18,19)20;1-12(2,3)15(4,5)14-11-8-6-7-10(13)9-11;8-5-6-3-1-2-4-7(6)9/h6-13,20-21H,14H2,1-5H3;1-8,14H,9H2,(H,15,16,17)(H,18,19,20);10-11H,6-9,13H2,1-5H3;1-5,9H/p-2. The molecule has 2 atom stereocenters. The molecule has 6 N–H and O–H groups in total. The van der Waals surface area contributed by atoms with Crippen LogP contribution in [0.4, 0.5) is 11.4 Å². The summed E-state index contributed by atoms with van der Waals surface area (Å²) < 4.78 is 85.1. The predicted molar refractivity (Wildman–Crippen MR) is 283 cm³/mol. The van der Waals surface area contributed by atoms with E-state index in [1.165, 1.54) is 61.7 Å². The Kier molecular flexibility index (Phi) is 22.2. The van der Waals surface area contributed by atoms with Crippen molar-refractivity contribution in [2.45, 2.75) is 129 Å². The summed E-state index contributed by atoms with van der Waals surface area (Å²) in [6.45, 7) is 23.4. The molecule has 16 nitrogen and oxygen atoms in total. The molecule has 5 aromatic rings. The maximum absolute atomic E-state index is 10.7. The van der Waals surface area contributed by atoms with E-state index in [1.54, 1.807) is 36.4 Å². The number of phenols is 2. The van der Waals surface area contributed by atoms with Crippen LogP contribution in [0, 0.1) is 0 Å². The molecular weight excluding hydrogens is 983 g/mol. The highest BCUT2D eigenvalue weighted by atomic mass is 32.3. The molecule has 1 aliphatic rings. The SMILES string of the molecule is CC(C)(C)[Si](C)(C)OC1CCCC(N)C1.CC(C)(C)[Si](C)(C)Oc1cccc(NCc2ccccc2O)c1.O=Cc1ccccc1O.O=S(=O)([O-])Oc1cccc(NCc2ccccc2OS(=O)(=O)[O-])c1. The largest absolute Gasteiger partial charge is 0.716 e. The molecule has 0 amide bonds. The third-order valence-corrected chi connectivity index (χ3v) is 21.8. The van der Waals surface area contributed by atoms with Gasteiger partial charge in [0.25, 0.3) is 20.8 Å². The number of nitrogens with one attached hydrogen (secondary N) is 2. The van der Waals surface area contributed by atoms with Crippen LogP contribution >= 0.6 is 0 Å². The average molecular weight is 1050 g/mol. The zero-order chi connectivity index (χ0) is 53.3. The van der Waals surface area contributed by atoms with Gasteiger partial charge in [-0.25, -0.2) is 16.8 Å². The van der Waals surface area contributed by atoms with Crippen LogP contribution in [0.2, 0.25) is 36.3 Å². The minimum Gasteiger partial charge on any atom is -0.716 e. The van der Waals surface area contributed by atoms with E-state index in [9.17, 15) is 35.8 Å². The number of carbonyl (C=O) groups is 1. The van der Waals surface area contributed by atoms with Crippen molar-refractivity contribution in [3.8, 4) is 28.7 Å². The van der Waals surface area contributed by atoms with Crippen molar-refractivity contribution in [3.05, 3.63) is 138 Å². The number of aldehydes is 1. The number of benzene rings is 5. The molecule has 1 aliphatic carbocycles. The number of phenolic OH excluding ortho intramolecular Hbond substituents is 2. The average Bonchev–Trinajstić information content (AvgIpc) is 3.25. The number of hydrogen-bond acceptors (Lipinski definition) is 16. The fourth-order valence-corrected chi connectivity index (χ4v) is 9.40. The predicted octanol–water partition coefficient (Wildman–Crippen LogP) is 10.8. The fourth-order valence-electron chi connectivity index (χ4n) is 6.26. The first-order valence-electron chi connectivity index (χ1n) is 23.1. The lowest BCUT2D eigenvalue weighted by Crippen LogP contribution is -2.46. The van der Waals surface area contributed by atoms with Gasteiger partial charge in [-0.3, -0.25) is 4.79 Å². The molecule has 2 unspecified atom stereocenters. The van der Waals surface area contributed by atoms with E-state index >= 15 is 0 Å². The molecule has 0 saturated heterocycles. The molecule has 20 heteroatoms. The zero-order valence-electron chi connectivity index (χ0n) is 42.3. The molecule has 0 aliphatic heterocycles. The van der Waals surface area contributed by atoms with Crippen LogP contribution in [0.1, 0.15) is 88.7 Å². The zero-order valence-corrected chi connectivity index (χ0v) is 45.9. The summed E-state index contributed by atoms with van der Waals surface area (Å²) >= 11 is 0. The molecule has 390 valence electrons. The Morgan fingerprint density at radius 3 is 1.65 bits per heavy atom. The minimum absolute atomic E-state index is 0.0347. The first-order chi connectivity index (χ1) is 32.9. The van der Waals surface area contributed by atoms with Crippen LogP contribution < -0.4 is 29.2 Å². The molecule has 0 spiro atoms. The highest BCUT2D eigenvalue weighted by Crippen LogP contribution is 2.40. The van der Waals surface area contributed by atoms with Crippen LogP contribution in [0.15, 0.2) is 121 Å². The van der Waals surface area contributed by atoms with E-state index in [2.05, 4.69) is 86.7 Å². The molecular formula is C51H71N3O13S2Si2-2. The molecule has 71 heavy (non-hydrogen) atoms.